The van der Waals surface area contributed by atoms with Crippen LogP contribution < -0.4 is 5.43 Å². The van der Waals surface area contributed by atoms with Gasteiger partial charge in [0.05, 0.1) is 11.5 Å². The van der Waals surface area contributed by atoms with E-state index in [2.05, 4.69) is 59.2 Å². The molecule has 0 radical (unpaired) electrons. The molecule has 0 atom stereocenters. The number of rotatable bonds is 8. The van der Waals surface area contributed by atoms with E-state index in [-0.39, 0.29) is 11.7 Å². The van der Waals surface area contributed by atoms with E-state index in [4.69, 9.17) is 0 Å². The highest BCUT2D eigenvalue weighted by atomic mass is 79.9. The standard InChI is InChI=1S/C22H21Br2N5OS/c1-14(2)12-29-21(17-6-10-19(24)11-7-17)27-28-22(29)31-13-20(30)26-25-15(3)16-4-8-18(23)9-5-16/h4-11H,1,12-13H2,2-3H3,(H,26,30)/b25-15-. The summed E-state index contributed by atoms with van der Waals surface area (Å²) in [6, 6.07) is 15.6. The number of amides is 1. The molecule has 0 saturated carbocycles. The summed E-state index contributed by atoms with van der Waals surface area (Å²) in [7, 11) is 0. The zero-order valence-corrected chi connectivity index (χ0v) is 21.1. The molecular weight excluding hydrogens is 542 g/mol. The summed E-state index contributed by atoms with van der Waals surface area (Å²) in [5.41, 5.74) is 6.20. The number of hydrazone groups is 1. The number of nitrogens with zero attached hydrogens (tertiary/aromatic N) is 4. The van der Waals surface area contributed by atoms with Crippen LogP contribution in [0.4, 0.5) is 0 Å². The van der Waals surface area contributed by atoms with Gasteiger partial charge in [0.15, 0.2) is 11.0 Å². The zero-order chi connectivity index (χ0) is 22.4. The summed E-state index contributed by atoms with van der Waals surface area (Å²) >= 11 is 8.17. The number of benzene rings is 2. The van der Waals surface area contributed by atoms with E-state index in [9.17, 15) is 4.79 Å². The van der Waals surface area contributed by atoms with Crippen LogP contribution in [0.2, 0.25) is 0 Å². The van der Waals surface area contributed by atoms with Gasteiger partial charge in [0.2, 0.25) is 0 Å². The first kappa shape index (κ1) is 23.4. The van der Waals surface area contributed by atoms with Crippen molar-refractivity contribution in [3.63, 3.8) is 0 Å². The maximum absolute atomic E-state index is 12.3. The molecule has 1 aromatic heterocycles. The van der Waals surface area contributed by atoms with Gasteiger partial charge in [-0.3, -0.25) is 9.36 Å². The minimum Gasteiger partial charge on any atom is -0.298 e. The Balaban J connectivity index is 1.68. The molecule has 2 aromatic carbocycles. The molecule has 0 bridgehead atoms. The molecule has 0 fully saturated rings. The summed E-state index contributed by atoms with van der Waals surface area (Å²) in [4.78, 5) is 12.3. The predicted octanol–water partition coefficient (Wildman–Crippen LogP) is 5.68. The van der Waals surface area contributed by atoms with Crippen molar-refractivity contribution in [3.05, 3.63) is 75.2 Å². The van der Waals surface area contributed by atoms with E-state index in [1.165, 1.54) is 11.8 Å². The van der Waals surface area contributed by atoms with Crippen LogP contribution in [-0.2, 0) is 11.3 Å². The molecule has 3 aromatic rings. The van der Waals surface area contributed by atoms with Gasteiger partial charge in [-0.05, 0) is 43.7 Å². The lowest BCUT2D eigenvalue weighted by molar-refractivity contribution is -0.118. The van der Waals surface area contributed by atoms with Crippen molar-refractivity contribution in [2.75, 3.05) is 5.75 Å². The highest BCUT2D eigenvalue weighted by molar-refractivity contribution is 9.10. The molecule has 0 unspecified atom stereocenters. The maximum Gasteiger partial charge on any atom is 0.250 e. The number of thioether (sulfide) groups is 1. The molecule has 160 valence electrons. The molecule has 3 rings (SSSR count). The number of nitrogens with one attached hydrogen (secondary N) is 1. The Kier molecular flexibility index (Phi) is 8.22. The van der Waals surface area contributed by atoms with Gasteiger partial charge in [0.1, 0.15) is 0 Å². The highest BCUT2D eigenvalue weighted by Crippen LogP contribution is 2.26. The Hall–Kier alpha value is -2.23. The third kappa shape index (κ3) is 6.62. The van der Waals surface area contributed by atoms with E-state index in [1.54, 1.807) is 0 Å². The van der Waals surface area contributed by atoms with E-state index in [1.807, 2.05) is 66.9 Å². The normalized spacial score (nSPS) is 11.4. The van der Waals surface area contributed by atoms with Crippen LogP contribution in [0.1, 0.15) is 19.4 Å². The van der Waals surface area contributed by atoms with Gasteiger partial charge in [0, 0.05) is 21.1 Å². The Bertz CT molecular complexity index is 1110. The highest BCUT2D eigenvalue weighted by Gasteiger charge is 2.16. The molecule has 0 aliphatic rings. The van der Waals surface area contributed by atoms with E-state index in [0.717, 1.165) is 37.2 Å². The Morgan fingerprint density at radius 2 is 1.68 bits per heavy atom. The van der Waals surface area contributed by atoms with Crippen molar-refractivity contribution in [2.24, 2.45) is 5.10 Å². The summed E-state index contributed by atoms with van der Waals surface area (Å²) in [6.45, 7) is 8.38. The van der Waals surface area contributed by atoms with Gasteiger partial charge in [-0.2, -0.15) is 5.10 Å². The number of carbonyl (C=O) groups is 1. The van der Waals surface area contributed by atoms with Crippen LogP contribution in [-0.4, -0.2) is 32.1 Å². The Morgan fingerprint density at radius 1 is 1.06 bits per heavy atom. The second kappa shape index (κ2) is 10.9. The van der Waals surface area contributed by atoms with Gasteiger partial charge >= 0.3 is 0 Å². The van der Waals surface area contributed by atoms with Crippen molar-refractivity contribution in [3.8, 4) is 11.4 Å². The van der Waals surface area contributed by atoms with E-state index < -0.39 is 0 Å². The van der Waals surface area contributed by atoms with Gasteiger partial charge in [-0.1, -0.05) is 80.0 Å². The van der Waals surface area contributed by atoms with Gasteiger partial charge < -0.3 is 0 Å². The van der Waals surface area contributed by atoms with E-state index >= 15 is 0 Å². The lowest BCUT2D eigenvalue weighted by Gasteiger charge is -2.10. The number of allylic oxidation sites excluding steroid dienone is 1. The fourth-order valence-corrected chi connectivity index (χ4v) is 3.94. The molecule has 1 heterocycles. The van der Waals surface area contributed by atoms with Gasteiger partial charge in [-0.25, -0.2) is 5.43 Å². The monoisotopic (exact) mass is 561 g/mol. The minimum absolute atomic E-state index is 0.172. The molecule has 9 heteroatoms. The summed E-state index contributed by atoms with van der Waals surface area (Å²) in [6.07, 6.45) is 0. The molecule has 6 nitrogen and oxygen atoms in total. The first-order valence-corrected chi connectivity index (χ1v) is 12.0. The van der Waals surface area contributed by atoms with Crippen molar-refractivity contribution in [2.45, 2.75) is 25.5 Å². The Labute approximate surface area is 202 Å². The number of carbonyl (C=O) groups excluding carboxylic acids is 1. The van der Waals surface area contributed by atoms with Crippen LogP contribution in [0.15, 0.2) is 79.9 Å². The number of halogens is 2. The second-order valence-electron chi connectivity index (χ2n) is 6.88. The third-order valence-electron chi connectivity index (χ3n) is 4.19. The van der Waals surface area contributed by atoms with Crippen molar-refractivity contribution in [1.29, 1.82) is 0 Å². The smallest absolute Gasteiger partial charge is 0.250 e. The molecule has 0 aliphatic carbocycles. The Morgan fingerprint density at radius 3 is 2.29 bits per heavy atom. The first-order valence-electron chi connectivity index (χ1n) is 9.39. The van der Waals surface area contributed by atoms with Crippen molar-refractivity contribution in [1.82, 2.24) is 20.2 Å². The van der Waals surface area contributed by atoms with Crippen molar-refractivity contribution >= 4 is 55.2 Å². The molecular formula is C22H21Br2N5OS. The number of hydrogen-bond donors (Lipinski definition) is 1. The average molecular weight is 563 g/mol. The maximum atomic E-state index is 12.3. The fraction of sp³-hybridized carbons (Fsp3) is 0.182. The molecule has 0 spiro atoms. The SMILES string of the molecule is C=C(C)Cn1c(SCC(=O)N/N=C(/C)c2ccc(Br)cc2)nnc1-c1ccc(Br)cc1. The van der Waals surface area contributed by atoms with Gasteiger partial charge in [0.25, 0.3) is 5.91 Å². The van der Waals surface area contributed by atoms with Crippen LogP contribution in [0, 0.1) is 0 Å². The molecule has 0 aliphatic heterocycles. The second-order valence-corrected chi connectivity index (χ2v) is 9.66. The average Bonchev–Trinajstić information content (AvgIpc) is 3.13. The molecule has 31 heavy (non-hydrogen) atoms. The van der Waals surface area contributed by atoms with Gasteiger partial charge in [-0.15, -0.1) is 10.2 Å². The van der Waals surface area contributed by atoms with Crippen LogP contribution in [0.3, 0.4) is 0 Å². The van der Waals surface area contributed by atoms with E-state index in [0.29, 0.717) is 11.7 Å². The molecule has 1 amide bonds. The quantitative estimate of drug-likeness (QED) is 0.166. The summed E-state index contributed by atoms with van der Waals surface area (Å²) in [5.74, 6) is 0.699. The lowest BCUT2D eigenvalue weighted by Crippen LogP contribution is -2.21. The number of hydrogen-bond acceptors (Lipinski definition) is 5. The van der Waals surface area contributed by atoms with Crippen LogP contribution in [0.25, 0.3) is 11.4 Å². The number of aromatic nitrogens is 3. The van der Waals surface area contributed by atoms with Crippen LogP contribution >= 0.6 is 43.6 Å². The minimum atomic E-state index is -0.212. The zero-order valence-electron chi connectivity index (χ0n) is 17.1. The summed E-state index contributed by atoms with van der Waals surface area (Å²) < 4.78 is 3.96. The summed E-state index contributed by atoms with van der Waals surface area (Å²) in [5, 5.41) is 13.5. The fourth-order valence-electron chi connectivity index (χ4n) is 2.68. The largest absolute Gasteiger partial charge is 0.298 e. The van der Waals surface area contributed by atoms with Crippen molar-refractivity contribution < 1.29 is 4.79 Å². The molecule has 1 N–H and O–H groups in total. The predicted molar refractivity (Wildman–Crippen MR) is 133 cm³/mol. The lowest BCUT2D eigenvalue weighted by atomic mass is 10.1. The topological polar surface area (TPSA) is 72.2 Å². The third-order valence-corrected chi connectivity index (χ3v) is 6.21. The first-order chi connectivity index (χ1) is 14.8. The molecule has 0 saturated heterocycles. The van der Waals surface area contributed by atoms with Crippen LogP contribution in [0.5, 0.6) is 0 Å².